The molecule has 11 heteroatoms. The summed E-state index contributed by atoms with van der Waals surface area (Å²) in [6.07, 6.45) is 1.79. The molecule has 2 amide bonds. The predicted molar refractivity (Wildman–Crippen MR) is 192 cm³/mol. The molecular formula is C38H48N6O5. The second kappa shape index (κ2) is 13.7. The maximum atomic E-state index is 14.0. The number of rotatable bonds is 9. The van der Waals surface area contributed by atoms with Gasteiger partial charge in [-0.1, -0.05) is 19.9 Å². The lowest BCUT2D eigenvalue weighted by Gasteiger charge is -2.40. The van der Waals surface area contributed by atoms with Crippen molar-refractivity contribution in [1.29, 1.82) is 0 Å². The topological polar surface area (TPSA) is 122 Å². The van der Waals surface area contributed by atoms with Crippen molar-refractivity contribution in [2.75, 3.05) is 37.7 Å². The molecule has 0 radical (unpaired) electrons. The number of hydrogen-bond donors (Lipinski definition) is 2. The number of aromatic amines is 1. The number of nitrogens with one attached hydrogen (secondary N) is 2. The zero-order valence-corrected chi connectivity index (χ0v) is 29.7. The number of ether oxygens (including phenoxy) is 1. The molecule has 2 N–H and O–H groups in total. The van der Waals surface area contributed by atoms with Gasteiger partial charge in [-0.25, -0.2) is 4.79 Å². The highest BCUT2D eigenvalue weighted by molar-refractivity contribution is 5.99. The molecular weight excluding hydrogens is 620 g/mol. The van der Waals surface area contributed by atoms with Gasteiger partial charge in [0.25, 0.3) is 11.5 Å². The smallest absolute Gasteiger partial charge is 0.329 e. The van der Waals surface area contributed by atoms with Crippen LogP contribution >= 0.6 is 0 Å². The van der Waals surface area contributed by atoms with Crippen molar-refractivity contribution in [3.63, 3.8) is 0 Å². The van der Waals surface area contributed by atoms with E-state index in [1.807, 2.05) is 74.4 Å². The van der Waals surface area contributed by atoms with Gasteiger partial charge in [0.2, 0.25) is 5.91 Å². The number of fused-ring (bicyclic) bond motifs is 1. The Kier molecular flexibility index (Phi) is 9.57. The summed E-state index contributed by atoms with van der Waals surface area (Å²) in [7, 11) is 1.77. The number of H-pyrrole nitrogens is 1. The van der Waals surface area contributed by atoms with Gasteiger partial charge >= 0.3 is 5.69 Å². The number of aryl methyl sites for hydroxylation is 3. The zero-order valence-electron chi connectivity index (χ0n) is 29.7. The molecule has 0 atom stereocenters. The molecule has 2 fully saturated rings. The molecule has 0 spiro atoms. The highest BCUT2D eigenvalue weighted by atomic mass is 16.5. The molecule has 2 aliphatic heterocycles. The molecule has 2 aliphatic rings. The van der Waals surface area contributed by atoms with Gasteiger partial charge in [-0.2, -0.15) is 0 Å². The van der Waals surface area contributed by atoms with Crippen LogP contribution < -0.4 is 21.5 Å². The average Bonchev–Trinajstić information content (AvgIpc) is 3.29. The number of anilines is 1. The molecule has 11 nitrogen and oxygen atoms in total. The number of pyridine rings is 1. The summed E-state index contributed by atoms with van der Waals surface area (Å²) in [5.74, 6) is -0.259. The Morgan fingerprint density at radius 2 is 1.71 bits per heavy atom. The number of nitrogens with zero attached hydrogens (tertiary/aromatic N) is 4. The second-order valence-electron chi connectivity index (χ2n) is 13.9. The van der Waals surface area contributed by atoms with Gasteiger partial charge in [0.05, 0.1) is 17.1 Å². The van der Waals surface area contributed by atoms with E-state index in [1.165, 1.54) is 0 Å². The first-order valence-electron chi connectivity index (χ1n) is 17.4. The van der Waals surface area contributed by atoms with Gasteiger partial charge in [0.1, 0.15) is 0 Å². The fourth-order valence-electron chi connectivity index (χ4n) is 7.45. The van der Waals surface area contributed by atoms with Crippen LogP contribution in [0.25, 0.3) is 22.2 Å². The number of likely N-dealkylation sites (tertiary alicyclic amines) is 1. The summed E-state index contributed by atoms with van der Waals surface area (Å²) in [5.41, 5.74) is 7.54. The molecule has 0 unspecified atom stereocenters. The van der Waals surface area contributed by atoms with Crippen molar-refractivity contribution < 1.29 is 14.3 Å². The molecule has 260 valence electrons. The fraction of sp³-hybridized carbons (Fsp3) is 0.474. The third-order valence-electron chi connectivity index (χ3n) is 10.3. The second-order valence-corrected chi connectivity index (χ2v) is 13.9. The maximum Gasteiger partial charge on any atom is 0.329 e. The van der Waals surface area contributed by atoms with Crippen molar-refractivity contribution in [3.05, 3.63) is 85.2 Å². The van der Waals surface area contributed by atoms with Gasteiger partial charge < -0.3 is 24.8 Å². The standard InChI is InChI=1S/C38H48N6O5/c1-8-43(28-11-13-49-14-12-28)33-18-27(16-30(25(33)6)35(45)39-19-31-23(4)15-24(5)40-36(31)46)26-9-10-32-34(17-26)44(38(48)41(32)7)29-20-42(21-29)37(47)22(2)3/h9-10,15-18,22,28-29H,8,11-14,19-21H2,1-7H3,(H,39,45)(H,40,46). The number of amides is 2. The van der Waals surface area contributed by atoms with Crippen molar-refractivity contribution in [3.8, 4) is 11.1 Å². The largest absolute Gasteiger partial charge is 0.381 e. The average molecular weight is 669 g/mol. The fourth-order valence-corrected chi connectivity index (χ4v) is 7.45. The van der Waals surface area contributed by atoms with E-state index in [0.717, 1.165) is 64.1 Å². The molecule has 4 aromatic rings. The van der Waals surface area contributed by atoms with Gasteiger partial charge in [0, 0.05) is 80.9 Å². The molecule has 2 aromatic carbocycles. The lowest BCUT2D eigenvalue weighted by Crippen LogP contribution is -2.53. The van der Waals surface area contributed by atoms with Crippen LogP contribution in [-0.2, 0) is 23.1 Å². The van der Waals surface area contributed by atoms with Crippen molar-refractivity contribution in [2.24, 2.45) is 13.0 Å². The van der Waals surface area contributed by atoms with E-state index < -0.39 is 0 Å². The van der Waals surface area contributed by atoms with Crippen LogP contribution in [0.4, 0.5) is 5.69 Å². The molecule has 0 aliphatic carbocycles. The molecule has 6 rings (SSSR count). The van der Waals surface area contributed by atoms with Crippen LogP contribution in [0.3, 0.4) is 0 Å². The predicted octanol–water partition coefficient (Wildman–Crippen LogP) is 4.60. The van der Waals surface area contributed by atoms with E-state index in [2.05, 4.69) is 28.2 Å². The normalized spacial score (nSPS) is 15.6. The van der Waals surface area contributed by atoms with Crippen molar-refractivity contribution >= 4 is 28.5 Å². The summed E-state index contributed by atoms with van der Waals surface area (Å²) in [6.45, 7) is 14.9. The van der Waals surface area contributed by atoms with Crippen LogP contribution in [0.15, 0.2) is 46.0 Å². The lowest BCUT2D eigenvalue weighted by atomic mass is 9.95. The Morgan fingerprint density at radius 1 is 1.00 bits per heavy atom. The third-order valence-corrected chi connectivity index (χ3v) is 10.3. The zero-order chi connectivity index (χ0) is 35.1. The Labute approximate surface area is 286 Å². The van der Waals surface area contributed by atoms with Crippen molar-refractivity contribution in [2.45, 2.75) is 73.0 Å². The summed E-state index contributed by atoms with van der Waals surface area (Å²) in [6, 6.07) is 12.1. The van der Waals surface area contributed by atoms with Crippen LogP contribution in [-0.4, -0.2) is 69.7 Å². The van der Waals surface area contributed by atoms with Crippen LogP contribution in [0.5, 0.6) is 0 Å². The first kappa shape index (κ1) is 34.2. The quantitative estimate of drug-likeness (QED) is 0.269. The SMILES string of the molecule is CCN(c1cc(-c2ccc3c(c2)n(C2CN(C(=O)C(C)C)C2)c(=O)n3C)cc(C(=O)NCc2c(C)cc(C)[nH]c2=O)c1C)C1CCOCC1. The van der Waals surface area contributed by atoms with Gasteiger partial charge in [0.15, 0.2) is 0 Å². The van der Waals surface area contributed by atoms with E-state index in [4.69, 9.17) is 4.74 Å². The number of aromatic nitrogens is 3. The minimum absolute atomic E-state index is 0.0929. The van der Waals surface area contributed by atoms with E-state index in [1.54, 1.807) is 11.6 Å². The highest BCUT2D eigenvalue weighted by Gasteiger charge is 2.35. The van der Waals surface area contributed by atoms with Gasteiger partial charge in [-0.15, -0.1) is 0 Å². The summed E-state index contributed by atoms with van der Waals surface area (Å²) >= 11 is 0. The highest BCUT2D eigenvalue weighted by Crippen LogP contribution is 2.35. The van der Waals surface area contributed by atoms with Crippen LogP contribution in [0.1, 0.15) is 72.4 Å². The Balaban J connectivity index is 1.42. The summed E-state index contributed by atoms with van der Waals surface area (Å²) in [5, 5.41) is 3.02. The third kappa shape index (κ3) is 6.44. The maximum absolute atomic E-state index is 14.0. The summed E-state index contributed by atoms with van der Waals surface area (Å²) < 4.78 is 9.14. The molecule has 2 saturated heterocycles. The Bertz CT molecular complexity index is 2030. The van der Waals surface area contributed by atoms with E-state index in [0.29, 0.717) is 37.4 Å². The number of benzene rings is 2. The van der Waals surface area contributed by atoms with E-state index >= 15 is 0 Å². The number of carbonyl (C=O) groups is 2. The van der Waals surface area contributed by atoms with Crippen molar-refractivity contribution in [1.82, 2.24) is 24.3 Å². The number of imidazole rings is 1. The Hall–Kier alpha value is -4.64. The molecule has 0 bridgehead atoms. The minimum atomic E-state index is -0.259. The molecule has 4 heterocycles. The van der Waals surface area contributed by atoms with Crippen LogP contribution in [0, 0.1) is 26.7 Å². The molecule has 49 heavy (non-hydrogen) atoms. The molecule has 0 saturated carbocycles. The monoisotopic (exact) mass is 668 g/mol. The van der Waals surface area contributed by atoms with Gasteiger partial charge in [-0.3, -0.25) is 23.5 Å². The lowest BCUT2D eigenvalue weighted by molar-refractivity contribution is -0.140. The Morgan fingerprint density at radius 3 is 2.37 bits per heavy atom. The first-order valence-corrected chi connectivity index (χ1v) is 17.4. The van der Waals surface area contributed by atoms with E-state index in [9.17, 15) is 19.2 Å². The molecule has 2 aromatic heterocycles. The van der Waals surface area contributed by atoms with E-state index in [-0.39, 0.29) is 47.6 Å². The summed E-state index contributed by atoms with van der Waals surface area (Å²) in [4.78, 5) is 59.8. The minimum Gasteiger partial charge on any atom is -0.381 e. The number of hydrogen-bond acceptors (Lipinski definition) is 6. The van der Waals surface area contributed by atoms with Crippen LogP contribution in [0.2, 0.25) is 0 Å². The van der Waals surface area contributed by atoms with Gasteiger partial charge in [-0.05, 0) is 93.1 Å². The number of carbonyl (C=O) groups excluding carboxylic acids is 2. The first-order chi connectivity index (χ1) is 23.4.